The van der Waals surface area contributed by atoms with Crippen molar-refractivity contribution in [2.24, 2.45) is 0 Å². The summed E-state index contributed by atoms with van der Waals surface area (Å²) in [7, 11) is 0. The maximum atomic E-state index is 10.7. The van der Waals surface area contributed by atoms with Crippen LogP contribution in [-0.4, -0.2) is 41.8 Å². The van der Waals surface area contributed by atoms with E-state index in [0.29, 0.717) is 10.9 Å². The number of hydrogen-bond acceptors (Lipinski definition) is 4. The van der Waals surface area contributed by atoms with Crippen LogP contribution in [0.4, 0.5) is 0 Å². The van der Waals surface area contributed by atoms with Gasteiger partial charge in [0.05, 0.1) is 13.2 Å². The summed E-state index contributed by atoms with van der Waals surface area (Å²) in [5.74, 6) is -0.841. The van der Waals surface area contributed by atoms with Crippen LogP contribution in [0.5, 0.6) is 0 Å². The summed E-state index contributed by atoms with van der Waals surface area (Å²) in [5, 5.41) is 8.83. The SMILES string of the molecule is CC1COCCN1Cc1ccc(C(=O)O)s1. The molecule has 4 nitrogen and oxygen atoms in total. The van der Waals surface area contributed by atoms with Crippen molar-refractivity contribution in [3.63, 3.8) is 0 Å². The first kappa shape index (κ1) is 11.6. The number of hydrogen-bond donors (Lipinski definition) is 1. The van der Waals surface area contributed by atoms with E-state index in [-0.39, 0.29) is 0 Å². The number of rotatable bonds is 3. The van der Waals surface area contributed by atoms with E-state index >= 15 is 0 Å². The summed E-state index contributed by atoms with van der Waals surface area (Å²) < 4.78 is 5.36. The van der Waals surface area contributed by atoms with Crippen molar-refractivity contribution in [3.8, 4) is 0 Å². The van der Waals surface area contributed by atoms with Crippen molar-refractivity contribution >= 4 is 17.3 Å². The minimum absolute atomic E-state index is 0.407. The molecule has 88 valence electrons. The van der Waals surface area contributed by atoms with Crippen LogP contribution in [0.3, 0.4) is 0 Å². The molecule has 0 saturated carbocycles. The first-order chi connectivity index (χ1) is 7.66. The molecule has 0 radical (unpaired) electrons. The van der Waals surface area contributed by atoms with E-state index in [0.717, 1.165) is 31.2 Å². The minimum Gasteiger partial charge on any atom is -0.477 e. The molecule has 1 N–H and O–H groups in total. The maximum Gasteiger partial charge on any atom is 0.345 e. The Morgan fingerprint density at radius 1 is 1.69 bits per heavy atom. The van der Waals surface area contributed by atoms with Crippen LogP contribution in [0.25, 0.3) is 0 Å². The number of carbonyl (C=O) groups is 1. The Hall–Kier alpha value is -0.910. The third-order valence-electron chi connectivity index (χ3n) is 2.74. The Morgan fingerprint density at radius 3 is 3.12 bits per heavy atom. The molecule has 0 bridgehead atoms. The maximum absolute atomic E-state index is 10.7. The molecule has 5 heteroatoms. The van der Waals surface area contributed by atoms with Crippen molar-refractivity contribution in [1.82, 2.24) is 4.90 Å². The van der Waals surface area contributed by atoms with Crippen LogP contribution in [-0.2, 0) is 11.3 Å². The topological polar surface area (TPSA) is 49.8 Å². The molecule has 1 unspecified atom stereocenters. The van der Waals surface area contributed by atoms with Crippen LogP contribution in [0.15, 0.2) is 12.1 Å². The molecule has 1 aliphatic rings. The van der Waals surface area contributed by atoms with Gasteiger partial charge in [-0.25, -0.2) is 4.79 Å². The van der Waals surface area contributed by atoms with Crippen LogP contribution in [0.1, 0.15) is 21.5 Å². The van der Waals surface area contributed by atoms with Gasteiger partial charge in [0, 0.05) is 24.0 Å². The Morgan fingerprint density at radius 2 is 2.50 bits per heavy atom. The summed E-state index contributed by atoms with van der Waals surface area (Å²) in [4.78, 5) is 14.6. The number of morpholine rings is 1. The highest BCUT2D eigenvalue weighted by molar-refractivity contribution is 7.13. The van der Waals surface area contributed by atoms with E-state index < -0.39 is 5.97 Å². The first-order valence-corrected chi connectivity index (χ1v) is 6.12. The molecule has 0 amide bonds. The molecule has 1 aromatic rings. The Bertz CT molecular complexity index is 377. The average Bonchev–Trinajstić information content (AvgIpc) is 2.70. The van der Waals surface area contributed by atoms with E-state index in [4.69, 9.17) is 9.84 Å². The van der Waals surface area contributed by atoms with Gasteiger partial charge in [-0.05, 0) is 19.1 Å². The zero-order valence-corrected chi connectivity index (χ0v) is 10.00. The van der Waals surface area contributed by atoms with Crippen LogP contribution >= 0.6 is 11.3 Å². The number of nitrogens with zero attached hydrogens (tertiary/aromatic N) is 1. The zero-order valence-electron chi connectivity index (χ0n) is 9.18. The molecular formula is C11H15NO3S. The van der Waals surface area contributed by atoms with Crippen molar-refractivity contribution in [2.45, 2.75) is 19.5 Å². The molecule has 0 aromatic carbocycles. The third kappa shape index (κ3) is 2.61. The molecule has 1 saturated heterocycles. The highest BCUT2D eigenvalue weighted by Gasteiger charge is 2.19. The molecule has 2 heterocycles. The van der Waals surface area contributed by atoms with Gasteiger partial charge in [0.25, 0.3) is 0 Å². The molecule has 2 rings (SSSR count). The number of thiophene rings is 1. The second-order valence-electron chi connectivity index (χ2n) is 3.97. The van der Waals surface area contributed by atoms with Crippen molar-refractivity contribution in [3.05, 3.63) is 21.9 Å². The fourth-order valence-electron chi connectivity index (χ4n) is 1.77. The van der Waals surface area contributed by atoms with Crippen molar-refractivity contribution < 1.29 is 14.6 Å². The standard InChI is InChI=1S/C11H15NO3S/c1-8-7-15-5-4-12(8)6-9-2-3-10(16-9)11(13)14/h2-3,8H,4-7H2,1H3,(H,13,14). The van der Waals surface area contributed by atoms with Gasteiger partial charge in [0.1, 0.15) is 4.88 Å². The fraction of sp³-hybridized carbons (Fsp3) is 0.545. The fourth-order valence-corrected chi connectivity index (χ4v) is 2.65. The van der Waals surface area contributed by atoms with E-state index in [9.17, 15) is 4.79 Å². The lowest BCUT2D eigenvalue weighted by molar-refractivity contribution is -0.00391. The van der Waals surface area contributed by atoms with Gasteiger partial charge in [0.2, 0.25) is 0 Å². The monoisotopic (exact) mass is 241 g/mol. The van der Waals surface area contributed by atoms with E-state index in [2.05, 4.69) is 11.8 Å². The van der Waals surface area contributed by atoms with Gasteiger partial charge in [-0.15, -0.1) is 11.3 Å². The van der Waals surface area contributed by atoms with Crippen molar-refractivity contribution in [2.75, 3.05) is 19.8 Å². The van der Waals surface area contributed by atoms with Gasteiger partial charge in [0.15, 0.2) is 0 Å². The van der Waals surface area contributed by atoms with E-state index in [1.54, 1.807) is 6.07 Å². The average molecular weight is 241 g/mol. The Kier molecular flexibility index (Phi) is 3.58. The van der Waals surface area contributed by atoms with E-state index in [1.165, 1.54) is 11.3 Å². The Balaban J connectivity index is 1.99. The lowest BCUT2D eigenvalue weighted by Crippen LogP contribution is -2.42. The highest BCUT2D eigenvalue weighted by Crippen LogP contribution is 2.20. The second kappa shape index (κ2) is 4.95. The van der Waals surface area contributed by atoms with Crippen LogP contribution in [0, 0.1) is 0 Å². The van der Waals surface area contributed by atoms with Gasteiger partial charge in [-0.1, -0.05) is 0 Å². The number of aromatic carboxylic acids is 1. The predicted octanol–water partition coefficient (Wildman–Crippen LogP) is 1.67. The molecular weight excluding hydrogens is 226 g/mol. The molecule has 1 aromatic heterocycles. The quantitative estimate of drug-likeness (QED) is 0.874. The largest absolute Gasteiger partial charge is 0.477 e. The van der Waals surface area contributed by atoms with Gasteiger partial charge in [-0.2, -0.15) is 0 Å². The second-order valence-corrected chi connectivity index (χ2v) is 5.13. The highest BCUT2D eigenvalue weighted by atomic mass is 32.1. The van der Waals surface area contributed by atoms with Gasteiger partial charge >= 0.3 is 5.97 Å². The first-order valence-electron chi connectivity index (χ1n) is 5.30. The third-order valence-corrected chi connectivity index (χ3v) is 3.79. The Labute approximate surface area is 98.4 Å². The molecule has 0 aliphatic carbocycles. The summed E-state index contributed by atoms with van der Waals surface area (Å²) in [5.41, 5.74) is 0. The molecule has 16 heavy (non-hydrogen) atoms. The molecule has 1 atom stereocenters. The van der Waals surface area contributed by atoms with Crippen LogP contribution in [0.2, 0.25) is 0 Å². The summed E-state index contributed by atoms with van der Waals surface area (Å²) in [6.45, 7) is 5.40. The zero-order chi connectivity index (χ0) is 11.5. The minimum atomic E-state index is -0.841. The lowest BCUT2D eigenvalue weighted by Gasteiger charge is -2.32. The van der Waals surface area contributed by atoms with Crippen LogP contribution < -0.4 is 0 Å². The van der Waals surface area contributed by atoms with Gasteiger partial charge in [-0.3, -0.25) is 4.90 Å². The normalized spacial score (nSPS) is 22.2. The summed E-state index contributed by atoms with van der Waals surface area (Å²) >= 11 is 1.35. The molecule has 1 aliphatic heterocycles. The molecule has 1 fully saturated rings. The predicted molar refractivity (Wildman–Crippen MR) is 62.0 cm³/mol. The number of carboxylic acids is 1. The smallest absolute Gasteiger partial charge is 0.345 e. The van der Waals surface area contributed by atoms with Crippen molar-refractivity contribution in [1.29, 1.82) is 0 Å². The summed E-state index contributed by atoms with van der Waals surface area (Å²) in [6, 6.07) is 3.98. The number of ether oxygens (including phenoxy) is 1. The van der Waals surface area contributed by atoms with E-state index in [1.807, 2.05) is 6.07 Å². The number of carboxylic acid groups (broad SMARTS) is 1. The lowest BCUT2D eigenvalue weighted by atomic mass is 10.2. The van der Waals surface area contributed by atoms with Gasteiger partial charge < -0.3 is 9.84 Å². The summed E-state index contributed by atoms with van der Waals surface area (Å²) in [6.07, 6.45) is 0. The molecule has 0 spiro atoms.